The first kappa shape index (κ1) is 17.4. The molecule has 1 fully saturated rings. The normalized spacial score (nSPS) is 22.3. The Morgan fingerprint density at radius 2 is 2.12 bits per heavy atom. The zero-order valence-electron chi connectivity index (χ0n) is 14.9. The molecule has 3 heterocycles. The maximum absolute atomic E-state index is 13.0. The first-order valence-corrected chi connectivity index (χ1v) is 9.83. The summed E-state index contributed by atoms with van der Waals surface area (Å²) in [6.45, 7) is 5.65. The van der Waals surface area contributed by atoms with Crippen LogP contribution in [0.1, 0.15) is 61.3 Å². The Morgan fingerprint density at radius 3 is 2.80 bits per heavy atom. The highest BCUT2D eigenvalue weighted by atomic mass is 79.9. The predicted octanol–water partition coefficient (Wildman–Crippen LogP) is 4.90. The smallest absolute Gasteiger partial charge is 0.340 e. The van der Waals surface area contributed by atoms with Crippen LogP contribution in [-0.2, 0) is 18.2 Å². The maximum Gasteiger partial charge on any atom is 0.340 e. The van der Waals surface area contributed by atoms with Crippen LogP contribution in [0, 0.1) is 0 Å². The van der Waals surface area contributed by atoms with Crippen molar-refractivity contribution in [2.24, 2.45) is 7.05 Å². The number of carbonyl (C=O) groups is 1. The molecule has 6 heteroatoms. The van der Waals surface area contributed by atoms with Crippen molar-refractivity contribution >= 4 is 44.4 Å². The fourth-order valence-electron chi connectivity index (χ4n) is 4.25. The van der Waals surface area contributed by atoms with Crippen LogP contribution in [0.2, 0.25) is 5.02 Å². The van der Waals surface area contributed by atoms with Gasteiger partial charge in [-0.15, -0.1) is 0 Å². The average molecular weight is 426 g/mol. The van der Waals surface area contributed by atoms with Crippen molar-refractivity contribution in [2.45, 2.75) is 57.7 Å². The van der Waals surface area contributed by atoms with Crippen LogP contribution >= 0.6 is 27.5 Å². The Kier molecular flexibility index (Phi) is 3.98. The second-order valence-corrected chi connectivity index (χ2v) is 9.32. The number of hydrogen-bond donors (Lipinski definition) is 1. The van der Waals surface area contributed by atoms with Gasteiger partial charge in [0.15, 0.2) is 0 Å². The van der Waals surface area contributed by atoms with Gasteiger partial charge in [-0.05, 0) is 61.2 Å². The van der Waals surface area contributed by atoms with Crippen LogP contribution in [0.3, 0.4) is 0 Å². The lowest BCUT2D eigenvalue weighted by atomic mass is 9.96. The van der Waals surface area contributed by atoms with Crippen LogP contribution in [-0.4, -0.2) is 22.2 Å². The summed E-state index contributed by atoms with van der Waals surface area (Å²) in [6.07, 6.45) is 3.23. The highest BCUT2D eigenvalue weighted by molar-refractivity contribution is 9.10. The number of benzene rings is 1. The van der Waals surface area contributed by atoms with Crippen molar-refractivity contribution in [2.75, 3.05) is 0 Å². The molecule has 4 rings (SSSR count). The van der Waals surface area contributed by atoms with Crippen molar-refractivity contribution in [1.29, 1.82) is 0 Å². The van der Waals surface area contributed by atoms with E-state index in [0.29, 0.717) is 21.1 Å². The summed E-state index contributed by atoms with van der Waals surface area (Å²) < 4.78 is 8.54. The lowest BCUT2D eigenvalue weighted by Gasteiger charge is -2.24. The second-order valence-electron chi connectivity index (χ2n) is 8.06. The van der Waals surface area contributed by atoms with Gasteiger partial charge in [0.05, 0.1) is 16.1 Å². The third-order valence-electron chi connectivity index (χ3n) is 5.16. The zero-order valence-corrected chi connectivity index (χ0v) is 17.2. The van der Waals surface area contributed by atoms with Gasteiger partial charge in [0.2, 0.25) is 0 Å². The summed E-state index contributed by atoms with van der Waals surface area (Å²) in [5.41, 5.74) is 3.46. The molecule has 0 aliphatic carbocycles. The van der Waals surface area contributed by atoms with Gasteiger partial charge >= 0.3 is 5.97 Å². The third-order valence-corrected chi connectivity index (χ3v) is 6.07. The maximum atomic E-state index is 13.0. The molecule has 2 bridgehead atoms. The molecule has 1 aromatic heterocycles. The molecule has 1 saturated heterocycles. The minimum Gasteiger partial charge on any atom is -0.456 e. The fourth-order valence-corrected chi connectivity index (χ4v) is 5.30. The number of aryl methyl sites for hydroxylation is 1. The van der Waals surface area contributed by atoms with Gasteiger partial charge in [-0.3, -0.25) is 0 Å². The van der Waals surface area contributed by atoms with Crippen LogP contribution in [0.5, 0.6) is 0 Å². The van der Waals surface area contributed by atoms with E-state index in [2.05, 4.69) is 25.8 Å². The van der Waals surface area contributed by atoms with E-state index in [4.69, 9.17) is 16.3 Å². The number of nitrogens with zero attached hydrogens (tertiary/aromatic N) is 1. The molecule has 2 atom stereocenters. The Balaban J connectivity index is 2.02. The average Bonchev–Trinajstić information content (AvgIpc) is 2.98. The minimum absolute atomic E-state index is 0.281. The van der Waals surface area contributed by atoms with E-state index in [-0.39, 0.29) is 12.0 Å². The number of ether oxygens (including phenoxy) is 1. The van der Waals surface area contributed by atoms with Gasteiger partial charge in [-0.1, -0.05) is 11.6 Å². The predicted molar refractivity (Wildman–Crippen MR) is 103 cm³/mol. The van der Waals surface area contributed by atoms with Crippen molar-refractivity contribution in [3.8, 4) is 0 Å². The molecule has 1 aromatic carbocycles. The van der Waals surface area contributed by atoms with Crippen LogP contribution in [0.15, 0.2) is 10.5 Å². The largest absolute Gasteiger partial charge is 0.456 e. The van der Waals surface area contributed by atoms with E-state index in [1.165, 1.54) is 17.7 Å². The molecule has 25 heavy (non-hydrogen) atoms. The van der Waals surface area contributed by atoms with Gasteiger partial charge in [0, 0.05) is 41.1 Å². The molecule has 0 amide bonds. The van der Waals surface area contributed by atoms with E-state index in [1.807, 2.05) is 27.8 Å². The molecule has 2 unspecified atom stereocenters. The lowest BCUT2D eigenvalue weighted by Crippen LogP contribution is -2.32. The topological polar surface area (TPSA) is 43.3 Å². The number of hydrogen-bond acceptors (Lipinski definition) is 3. The Labute approximate surface area is 161 Å². The van der Waals surface area contributed by atoms with E-state index >= 15 is 0 Å². The molecule has 4 nitrogen and oxygen atoms in total. The number of esters is 1. The quantitative estimate of drug-likeness (QED) is 0.661. The van der Waals surface area contributed by atoms with E-state index in [9.17, 15) is 4.79 Å². The van der Waals surface area contributed by atoms with Crippen molar-refractivity contribution in [1.82, 2.24) is 9.88 Å². The van der Waals surface area contributed by atoms with Gasteiger partial charge in [0.25, 0.3) is 0 Å². The summed E-state index contributed by atoms with van der Waals surface area (Å²) in [5.74, 6) is -0.311. The van der Waals surface area contributed by atoms with E-state index in [1.54, 1.807) is 6.07 Å². The number of rotatable bonds is 1. The summed E-state index contributed by atoms with van der Waals surface area (Å²) in [5, 5.41) is 5.27. The summed E-state index contributed by atoms with van der Waals surface area (Å²) >= 11 is 10.1. The second kappa shape index (κ2) is 5.73. The van der Waals surface area contributed by atoms with Gasteiger partial charge in [-0.2, -0.15) is 0 Å². The fraction of sp³-hybridized carbons (Fsp3) is 0.526. The SMILES string of the molecule is Cn1c2c(c3c(C(=O)OC(C)(C)C)c(Br)cc(Cl)c31)C1CCC(C2)N1. The Hall–Kier alpha value is -1.04. The van der Waals surface area contributed by atoms with Crippen LogP contribution in [0.25, 0.3) is 10.9 Å². The van der Waals surface area contributed by atoms with Crippen molar-refractivity contribution in [3.05, 3.63) is 32.4 Å². The Bertz CT molecular complexity index is 897. The monoisotopic (exact) mass is 424 g/mol. The minimum atomic E-state index is -0.548. The molecule has 2 aromatic rings. The van der Waals surface area contributed by atoms with E-state index < -0.39 is 5.60 Å². The zero-order chi connectivity index (χ0) is 18.1. The molecule has 0 radical (unpaired) electrons. The highest BCUT2D eigenvalue weighted by Gasteiger charge is 2.38. The molecular weight excluding hydrogens is 404 g/mol. The van der Waals surface area contributed by atoms with Crippen LogP contribution < -0.4 is 5.32 Å². The standard InChI is InChI=1S/C19H22BrClN2O2/c1-19(2,3)25-18(24)14-10(20)8-11(21)17-16(14)15-12-6-5-9(22-12)7-13(15)23(17)4/h8-9,12,22H,5-7H2,1-4H3. The molecule has 0 spiro atoms. The molecule has 1 N–H and O–H groups in total. The van der Waals surface area contributed by atoms with Gasteiger partial charge in [0.1, 0.15) is 5.60 Å². The number of carbonyl (C=O) groups excluding carboxylic acids is 1. The summed E-state index contributed by atoms with van der Waals surface area (Å²) in [7, 11) is 2.05. The lowest BCUT2D eigenvalue weighted by molar-refractivity contribution is 0.00708. The molecule has 2 aliphatic heterocycles. The first-order valence-electron chi connectivity index (χ1n) is 8.66. The third kappa shape index (κ3) is 2.71. The molecule has 0 saturated carbocycles. The summed E-state index contributed by atoms with van der Waals surface area (Å²) in [6, 6.07) is 2.61. The highest BCUT2D eigenvalue weighted by Crippen LogP contribution is 2.46. The van der Waals surface area contributed by atoms with Gasteiger partial charge < -0.3 is 14.6 Å². The number of aromatic nitrogens is 1. The Morgan fingerprint density at radius 1 is 1.40 bits per heavy atom. The van der Waals surface area contributed by atoms with Crippen molar-refractivity contribution in [3.63, 3.8) is 0 Å². The number of nitrogens with one attached hydrogen (secondary N) is 1. The van der Waals surface area contributed by atoms with Crippen molar-refractivity contribution < 1.29 is 9.53 Å². The molecule has 2 aliphatic rings. The molecular formula is C19H22BrClN2O2. The number of halogens is 2. The summed E-state index contributed by atoms with van der Waals surface area (Å²) in [4.78, 5) is 13.0. The first-order chi connectivity index (χ1) is 11.7. The number of fused-ring (bicyclic) bond motifs is 6. The molecule has 134 valence electrons. The van der Waals surface area contributed by atoms with Crippen LogP contribution in [0.4, 0.5) is 0 Å². The van der Waals surface area contributed by atoms with E-state index in [0.717, 1.165) is 23.7 Å². The van der Waals surface area contributed by atoms with Gasteiger partial charge in [-0.25, -0.2) is 4.79 Å².